The van der Waals surface area contributed by atoms with Crippen LogP contribution in [0.15, 0.2) is 53.9 Å². The van der Waals surface area contributed by atoms with Gasteiger partial charge in [0, 0.05) is 28.8 Å². The van der Waals surface area contributed by atoms with Gasteiger partial charge in [-0.2, -0.15) is 5.10 Å². The fourth-order valence-electron chi connectivity index (χ4n) is 1.75. The number of amides is 2. The smallest absolute Gasteiger partial charge is 0.272 e. The Morgan fingerprint density at radius 1 is 1.26 bits per heavy atom. The van der Waals surface area contributed by atoms with E-state index in [4.69, 9.17) is 11.6 Å². The quantitative estimate of drug-likeness (QED) is 0.653. The van der Waals surface area contributed by atoms with E-state index in [0.29, 0.717) is 22.0 Å². The maximum Gasteiger partial charge on any atom is 0.272 e. The maximum atomic E-state index is 11.9. The van der Waals surface area contributed by atoms with Crippen molar-refractivity contribution in [3.63, 3.8) is 0 Å². The van der Waals surface area contributed by atoms with Gasteiger partial charge in [-0.25, -0.2) is 5.43 Å². The number of halogens is 1. The lowest BCUT2D eigenvalue weighted by Crippen LogP contribution is -2.21. The van der Waals surface area contributed by atoms with Gasteiger partial charge >= 0.3 is 0 Å². The Bertz CT molecular complexity index is 732. The standard InChI is InChI=1S/C16H15ClN4O2/c1-11(20-21-16(23)12-4-3-7-18-10-12)8-15(22)19-14-6-2-5-13(17)9-14/h2-7,9-10H,8H2,1H3,(H,19,22)(H,21,23). The third-order valence-corrected chi connectivity index (χ3v) is 3.03. The van der Waals surface area contributed by atoms with Crippen molar-refractivity contribution in [2.24, 2.45) is 5.10 Å². The number of rotatable bonds is 5. The number of hydrazone groups is 1. The van der Waals surface area contributed by atoms with Crippen LogP contribution in [0.25, 0.3) is 0 Å². The molecular formula is C16H15ClN4O2. The third kappa shape index (κ3) is 5.52. The lowest BCUT2D eigenvalue weighted by molar-refractivity contribution is -0.115. The second-order valence-electron chi connectivity index (χ2n) is 4.77. The predicted molar refractivity (Wildman–Crippen MR) is 89.5 cm³/mol. The van der Waals surface area contributed by atoms with Gasteiger partial charge < -0.3 is 5.32 Å². The Balaban J connectivity index is 1.87. The van der Waals surface area contributed by atoms with Crippen LogP contribution in [0.3, 0.4) is 0 Å². The molecule has 0 aliphatic heterocycles. The molecule has 0 aliphatic carbocycles. The second kappa shape index (κ2) is 8.05. The van der Waals surface area contributed by atoms with Crippen molar-refractivity contribution < 1.29 is 9.59 Å². The molecule has 1 aromatic heterocycles. The summed E-state index contributed by atoms with van der Waals surface area (Å²) in [7, 11) is 0. The molecule has 0 saturated heterocycles. The first-order valence-electron chi connectivity index (χ1n) is 6.83. The van der Waals surface area contributed by atoms with Crippen molar-refractivity contribution in [2.45, 2.75) is 13.3 Å². The minimum Gasteiger partial charge on any atom is -0.326 e. The molecule has 0 atom stereocenters. The Morgan fingerprint density at radius 3 is 2.78 bits per heavy atom. The molecule has 0 radical (unpaired) electrons. The molecule has 0 unspecified atom stereocenters. The first-order chi connectivity index (χ1) is 11.0. The zero-order valence-corrected chi connectivity index (χ0v) is 13.2. The van der Waals surface area contributed by atoms with E-state index in [0.717, 1.165) is 0 Å². The van der Waals surface area contributed by atoms with E-state index in [1.54, 1.807) is 49.5 Å². The Hall–Kier alpha value is -2.73. The number of hydrogen-bond donors (Lipinski definition) is 2. The minimum absolute atomic E-state index is 0.0554. The van der Waals surface area contributed by atoms with Crippen LogP contribution >= 0.6 is 11.6 Å². The number of hydrogen-bond acceptors (Lipinski definition) is 4. The number of carbonyl (C=O) groups excluding carboxylic acids is 2. The third-order valence-electron chi connectivity index (χ3n) is 2.80. The van der Waals surface area contributed by atoms with Gasteiger partial charge in [-0.05, 0) is 37.3 Å². The van der Waals surface area contributed by atoms with Gasteiger partial charge in [0.1, 0.15) is 0 Å². The highest BCUT2D eigenvalue weighted by atomic mass is 35.5. The van der Waals surface area contributed by atoms with Crippen LogP contribution in [-0.2, 0) is 4.79 Å². The summed E-state index contributed by atoms with van der Waals surface area (Å²) in [6.45, 7) is 1.65. The van der Waals surface area contributed by atoms with Crippen LogP contribution in [-0.4, -0.2) is 22.5 Å². The molecular weight excluding hydrogens is 316 g/mol. The molecule has 7 heteroatoms. The summed E-state index contributed by atoms with van der Waals surface area (Å²) in [4.78, 5) is 27.5. The average Bonchev–Trinajstić information content (AvgIpc) is 2.53. The lowest BCUT2D eigenvalue weighted by Gasteiger charge is -2.06. The van der Waals surface area contributed by atoms with Gasteiger partial charge in [0.05, 0.1) is 12.0 Å². The molecule has 118 valence electrons. The number of aromatic nitrogens is 1. The zero-order chi connectivity index (χ0) is 16.7. The van der Waals surface area contributed by atoms with Gasteiger partial charge in [-0.3, -0.25) is 14.6 Å². The Kier molecular flexibility index (Phi) is 5.82. The van der Waals surface area contributed by atoms with Crippen LogP contribution < -0.4 is 10.7 Å². The number of nitrogens with zero attached hydrogens (tertiary/aromatic N) is 2. The van der Waals surface area contributed by atoms with E-state index in [2.05, 4.69) is 20.8 Å². The van der Waals surface area contributed by atoms with Gasteiger partial charge in [-0.1, -0.05) is 17.7 Å². The monoisotopic (exact) mass is 330 g/mol. The molecule has 2 N–H and O–H groups in total. The summed E-state index contributed by atoms with van der Waals surface area (Å²) < 4.78 is 0. The highest BCUT2D eigenvalue weighted by Crippen LogP contribution is 2.14. The molecule has 0 saturated carbocycles. The number of nitrogens with one attached hydrogen (secondary N) is 2. The summed E-state index contributed by atoms with van der Waals surface area (Å²) in [5.41, 5.74) is 3.86. The van der Waals surface area contributed by atoms with Gasteiger partial charge in [0.25, 0.3) is 5.91 Å². The summed E-state index contributed by atoms with van der Waals surface area (Å²) in [5, 5.41) is 7.15. The van der Waals surface area contributed by atoms with E-state index < -0.39 is 0 Å². The molecule has 2 aromatic rings. The number of pyridine rings is 1. The second-order valence-corrected chi connectivity index (χ2v) is 5.20. The van der Waals surface area contributed by atoms with Crippen molar-refractivity contribution in [1.82, 2.24) is 10.4 Å². The minimum atomic E-state index is -0.382. The molecule has 6 nitrogen and oxygen atoms in total. The van der Waals surface area contributed by atoms with Crippen LogP contribution in [0, 0.1) is 0 Å². The van der Waals surface area contributed by atoms with Crippen molar-refractivity contribution in [1.29, 1.82) is 0 Å². The number of benzene rings is 1. The number of anilines is 1. The van der Waals surface area contributed by atoms with Crippen LogP contribution in [0.2, 0.25) is 5.02 Å². The largest absolute Gasteiger partial charge is 0.326 e. The van der Waals surface area contributed by atoms with E-state index in [1.165, 1.54) is 6.20 Å². The summed E-state index contributed by atoms with van der Waals surface area (Å²) in [6.07, 6.45) is 3.07. The fraction of sp³-hybridized carbons (Fsp3) is 0.125. The van der Waals surface area contributed by atoms with E-state index in [1.807, 2.05) is 0 Å². The van der Waals surface area contributed by atoms with Crippen molar-refractivity contribution in [3.8, 4) is 0 Å². The first kappa shape index (κ1) is 16.6. The predicted octanol–water partition coefficient (Wildman–Crippen LogP) is 2.87. The molecule has 23 heavy (non-hydrogen) atoms. The lowest BCUT2D eigenvalue weighted by atomic mass is 10.2. The molecule has 0 spiro atoms. The molecule has 1 aromatic carbocycles. The molecule has 1 heterocycles. The van der Waals surface area contributed by atoms with Gasteiger partial charge in [0.2, 0.25) is 5.91 Å². The average molecular weight is 331 g/mol. The van der Waals surface area contributed by atoms with Crippen molar-refractivity contribution >= 4 is 34.8 Å². The zero-order valence-electron chi connectivity index (χ0n) is 12.4. The SMILES string of the molecule is CC(CC(=O)Nc1cccc(Cl)c1)=NNC(=O)c1cccnc1. The summed E-state index contributed by atoms with van der Waals surface area (Å²) in [6, 6.07) is 10.1. The number of carbonyl (C=O) groups is 2. The molecule has 0 bridgehead atoms. The fourth-order valence-corrected chi connectivity index (χ4v) is 1.94. The van der Waals surface area contributed by atoms with Crippen LogP contribution in [0.5, 0.6) is 0 Å². The van der Waals surface area contributed by atoms with Crippen molar-refractivity contribution in [3.05, 3.63) is 59.4 Å². The topological polar surface area (TPSA) is 83.5 Å². The highest BCUT2D eigenvalue weighted by molar-refractivity contribution is 6.30. The van der Waals surface area contributed by atoms with Crippen LogP contribution in [0.4, 0.5) is 5.69 Å². The van der Waals surface area contributed by atoms with Crippen LogP contribution in [0.1, 0.15) is 23.7 Å². The highest BCUT2D eigenvalue weighted by Gasteiger charge is 2.07. The van der Waals surface area contributed by atoms with Crippen molar-refractivity contribution in [2.75, 3.05) is 5.32 Å². The van der Waals surface area contributed by atoms with E-state index >= 15 is 0 Å². The van der Waals surface area contributed by atoms with E-state index in [-0.39, 0.29) is 18.2 Å². The van der Waals surface area contributed by atoms with Gasteiger partial charge in [0.15, 0.2) is 0 Å². The normalized spacial score (nSPS) is 11.0. The Morgan fingerprint density at radius 2 is 2.09 bits per heavy atom. The molecule has 2 amide bonds. The molecule has 0 aliphatic rings. The maximum absolute atomic E-state index is 11.9. The van der Waals surface area contributed by atoms with E-state index in [9.17, 15) is 9.59 Å². The summed E-state index contributed by atoms with van der Waals surface area (Å²) in [5.74, 6) is -0.628. The van der Waals surface area contributed by atoms with Gasteiger partial charge in [-0.15, -0.1) is 0 Å². The molecule has 2 rings (SSSR count). The molecule has 0 fully saturated rings. The Labute approximate surface area is 138 Å². The summed E-state index contributed by atoms with van der Waals surface area (Å²) >= 11 is 5.85. The first-order valence-corrected chi connectivity index (χ1v) is 7.21.